The first-order valence-electron chi connectivity index (χ1n) is 24.5. The van der Waals surface area contributed by atoms with E-state index < -0.39 is 11.1 Å². The van der Waals surface area contributed by atoms with Crippen LogP contribution >= 0.6 is 0 Å². The van der Waals surface area contributed by atoms with Crippen molar-refractivity contribution in [1.29, 1.82) is 0 Å². The molecule has 3 heterocycles. The van der Waals surface area contributed by atoms with Crippen molar-refractivity contribution in [3.63, 3.8) is 0 Å². The number of nitrogens with zero attached hydrogens (tertiary/aromatic N) is 5. The second kappa shape index (κ2) is 20.1. The van der Waals surface area contributed by atoms with Crippen LogP contribution in [0.3, 0.4) is 0 Å². The Labute approximate surface area is 410 Å². The van der Waals surface area contributed by atoms with Crippen molar-refractivity contribution in [2.24, 2.45) is 0 Å². The molecule has 11 rings (SSSR count). The molecule has 0 amide bonds. The first-order valence-corrected chi connectivity index (χ1v) is 24.5. The van der Waals surface area contributed by atoms with Gasteiger partial charge in [0.15, 0.2) is 5.65 Å². The van der Waals surface area contributed by atoms with Gasteiger partial charge >= 0.3 is 0 Å². The van der Waals surface area contributed by atoms with Crippen LogP contribution in [0.5, 0.6) is 0 Å². The summed E-state index contributed by atoms with van der Waals surface area (Å²) in [6.45, 7) is 0.662. The van der Waals surface area contributed by atoms with Gasteiger partial charge in [0.1, 0.15) is 22.4 Å². The Balaban J connectivity index is 1.14. The Morgan fingerprint density at radius 2 is 1.01 bits per heavy atom. The van der Waals surface area contributed by atoms with Crippen molar-refractivity contribution in [2.75, 3.05) is 11.9 Å². The molecule has 1 aliphatic rings. The molecule has 2 N–H and O–H groups in total. The molecule has 0 atom stereocenters. The predicted molar refractivity (Wildman–Crippen MR) is 284 cm³/mol. The molecule has 7 aromatic carbocycles. The smallest absolute Gasteiger partial charge is 0.182 e. The summed E-state index contributed by atoms with van der Waals surface area (Å²) in [5.41, 5.74) is 10.1. The largest absolute Gasteiger partial charge is 0.353 e. The van der Waals surface area contributed by atoms with Crippen LogP contribution in [0, 0.1) is 0 Å². The molecule has 0 spiro atoms. The molecule has 3 aromatic heterocycles. The van der Waals surface area contributed by atoms with Gasteiger partial charge in [-0.2, -0.15) is 0 Å². The zero-order valence-electron chi connectivity index (χ0n) is 39.1. The van der Waals surface area contributed by atoms with Gasteiger partial charge in [0.2, 0.25) is 0 Å². The average molecular weight is 910 g/mol. The molecule has 0 unspecified atom stereocenters. The lowest BCUT2D eigenvalue weighted by atomic mass is 9.77. The van der Waals surface area contributed by atoms with Crippen LogP contribution in [0.2, 0.25) is 0 Å². The fourth-order valence-electron chi connectivity index (χ4n) is 10.9. The van der Waals surface area contributed by atoms with Gasteiger partial charge in [-0.25, -0.2) is 9.67 Å². The Morgan fingerprint density at radius 1 is 0.543 bits per heavy atom. The number of pyridine rings is 2. The van der Waals surface area contributed by atoms with Crippen LogP contribution in [-0.4, -0.2) is 37.5 Å². The van der Waals surface area contributed by atoms with E-state index in [1.165, 1.54) is 18.4 Å². The summed E-state index contributed by atoms with van der Waals surface area (Å²) in [7, 11) is 0. The number of fused-ring (bicyclic) bond motifs is 1. The van der Waals surface area contributed by atoms with E-state index in [1.807, 2.05) is 18.5 Å². The van der Waals surface area contributed by atoms with Crippen LogP contribution in [0.15, 0.2) is 249 Å². The number of hydrogen-bond acceptors (Lipinski definition) is 6. The normalized spacial score (nSPS) is 15.4. The Morgan fingerprint density at radius 3 is 1.49 bits per heavy atom. The van der Waals surface area contributed by atoms with Crippen LogP contribution < -0.4 is 10.6 Å². The van der Waals surface area contributed by atoms with Gasteiger partial charge in [-0.05, 0) is 88.3 Å². The molecule has 342 valence electrons. The number of benzene rings is 7. The summed E-state index contributed by atoms with van der Waals surface area (Å²) in [6.07, 6.45) is 10.7. The van der Waals surface area contributed by atoms with E-state index in [9.17, 15) is 0 Å². The lowest BCUT2D eigenvalue weighted by Crippen LogP contribution is -2.39. The molecule has 10 aromatic rings. The van der Waals surface area contributed by atoms with Gasteiger partial charge in [0, 0.05) is 36.1 Å². The lowest BCUT2D eigenvalue weighted by Gasteiger charge is -2.38. The van der Waals surface area contributed by atoms with Gasteiger partial charge in [-0.3, -0.25) is 4.98 Å². The third-order valence-electron chi connectivity index (χ3n) is 14.2. The van der Waals surface area contributed by atoms with Crippen LogP contribution in [-0.2, 0) is 11.1 Å². The highest BCUT2D eigenvalue weighted by atomic mass is 15.5. The molecule has 7 heteroatoms. The summed E-state index contributed by atoms with van der Waals surface area (Å²) < 4.78 is 2.05. The van der Waals surface area contributed by atoms with E-state index in [1.54, 1.807) is 0 Å². The van der Waals surface area contributed by atoms with E-state index in [-0.39, 0.29) is 0 Å². The third-order valence-corrected chi connectivity index (χ3v) is 14.2. The first-order chi connectivity index (χ1) is 34.7. The topological polar surface area (TPSA) is 80.6 Å². The third kappa shape index (κ3) is 8.50. The molecular weight excluding hydrogens is 855 g/mol. The molecular formula is C63H55N7. The highest BCUT2D eigenvalue weighted by Crippen LogP contribution is 2.45. The molecule has 0 saturated heterocycles. The summed E-state index contributed by atoms with van der Waals surface area (Å²) in [5, 5.41) is 18.6. The van der Waals surface area contributed by atoms with Crippen LogP contribution in [0.4, 0.5) is 5.82 Å². The second-order valence-electron chi connectivity index (χ2n) is 18.2. The summed E-state index contributed by atoms with van der Waals surface area (Å²) in [4.78, 5) is 10.4. The van der Waals surface area contributed by atoms with Crippen molar-refractivity contribution < 1.29 is 0 Å². The Bertz CT molecular complexity index is 3070. The SMILES string of the molecule is C(/CN[C@H]1CC[C@H](c2ccccc2)CC1)=C(/c1cccnc1)c1cc(NC(c2ccccc2)(c2ccccc2)c2ccccc2)nc2c1nnn2C(c1ccccc1)(c1ccccc1)c1ccccc1. The van der Waals surface area contributed by atoms with Gasteiger partial charge < -0.3 is 10.6 Å². The summed E-state index contributed by atoms with van der Waals surface area (Å²) >= 11 is 0. The lowest BCUT2D eigenvalue weighted by molar-refractivity contribution is 0.351. The van der Waals surface area contributed by atoms with E-state index in [0.717, 1.165) is 62.9 Å². The molecule has 1 fully saturated rings. The molecule has 7 nitrogen and oxygen atoms in total. The van der Waals surface area contributed by atoms with Gasteiger partial charge in [0.05, 0.1) is 0 Å². The highest BCUT2D eigenvalue weighted by molar-refractivity contribution is 5.94. The minimum atomic E-state index is -0.977. The Hall–Kier alpha value is -8.26. The average Bonchev–Trinajstić information content (AvgIpc) is 3.88. The summed E-state index contributed by atoms with van der Waals surface area (Å²) in [5.74, 6) is 1.26. The number of rotatable bonds is 15. The van der Waals surface area contributed by atoms with Crippen molar-refractivity contribution in [1.82, 2.24) is 30.3 Å². The molecule has 70 heavy (non-hydrogen) atoms. The van der Waals surface area contributed by atoms with Crippen LogP contribution in [0.25, 0.3) is 16.7 Å². The van der Waals surface area contributed by atoms with E-state index >= 15 is 0 Å². The zero-order chi connectivity index (χ0) is 47.0. The first kappa shape index (κ1) is 44.3. The van der Waals surface area contributed by atoms with Crippen molar-refractivity contribution in [2.45, 2.75) is 48.7 Å². The molecule has 1 saturated carbocycles. The second-order valence-corrected chi connectivity index (χ2v) is 18.2. The number of anilines is 1. The number of aromatic nitrogens is 5. The number of hydrogen-bond donors (Lipinski definition) is 2. The molecule has 1 aliphatic carbocycles. The number of nitrogens with one attached hydrogen (secondary N) is 2. The maximum atomic E-state index is 5.73. The monoisotopic (exact) mass is 909 g/mol. The van der Waals surface area contributed by atoms with E-state index in [4.69, 9.17) is 15.3 Å². The minimum absolute atomic E-state index is 0.411. The zero-order valence-corrected chi connectivity index (χ0v) is 39.1. The molecule has 0 radical (unpaired) electrons. The van der Waals surface area contributed by atoms with E-state index in [2.05, 4.69) is 251 Å². The fraction of sp³-hybridized carbons (Fsp3) is 0.143. The van der Waals surface area contributed by atoms with E-state index in [0.29, 0.717) is 35.5 Å². The van der Waals surface area contributed by atoms with Gasteiger partial charge in [0.25, 0.3) is 0 Å². The maximum absolute atomic E-state index is 5.73. The minimum Gasteiger partial charge on any atom is -0.353 e. The standard InChI is InChI=1S/C63H55N7/c1-8-23-47(24-9-1)48-38-40-56(41-39-48)65-44-42-57(49-25-22-43-64-46-49)58-45-59(67-62(50-26-10-2-11-27-50,51-28-12-3-13-29-51)52-30-14-4-15-31-52)66-61-60(58)68-69-70(61)63(53-32-16-5-17-33-53,54-34-18-6-19-35-54)55-36-20-7-21-37-55/h1-37,42-43,45-46,48,56,65H,38-41,44H2,(H,66,67)/b57-42+/t48-,56-. The van der Waals surface area contributed by atoms with Gasteiger partial charge in [-0.15, -0.1) is 5.10 Å². The Kier molecular flexibility index (Phi) is 12.7. The quantitative estimate of drug-likeness (QED) is 0.0998. The van der Waals surface area contributed by atoms with Crippen molar-refractivity contribution in [3.8, 4) is 0 Å². The fourth-order valence-corrected chi connectivity index (χ4v) is 10.9. The van der Waals surface area contributed by atoms with Crippen molar-refractivity contribution in [3.05, 3.63) is 299 Å². The maximum Gasteiger partial charge on any atom is 0.182 e. The molecule has 0 aliphatic heterocycles. The summed E-state index contributed by atoms with van der Waals surface area (Å²) in [6, 6.07) is 81.6. The van der Waals surface area contributed by atoms with Gasteiger partial charge in [-0.1, -0.05) is 230 Å². The highest BCUT2D eigenvalue weighted by Gasteiger charge is 2.43. The predicted octanol–water partition coefficient (Wildman–Crippen LogP) is 13.2. The molecule has 0 bridgehead atoms. The van der Waals surface area contributed by atoms with Crippen molar-refractivity contribution >= 4 is 22.6 Å². The van der Waals surface area contributed by atoms with Crippen LogP contribution in [0.1, 0.15) is 81.7 Å².